The molecule has 0 aliphatic rings. The van der Waals surface area contributed by atoms with Gasteiger partial charge in [0, 0.05) is 37.0 Å². The second kappa shape index (κ2) is 4.79. The highest BCUT2D eigenvalue weighted by atomic mass is 14.9. The summed E-state index contributed by atoms with van der Waals surface area (Å²) in [5, 5.41) is 3.35. The molecular formula is C14H12N4. The monoisotopic (exact) mass is 236 g/mol. The number of hydrogen-bond donors (Lipinski definition) is 1. The molecule has 0 fully saturated rings. The van der Waals surface area contributed by atoms with Crippen LogP contribution in [0.1, 0.15) is 5.56 Å². The van der Waals surface area contributed by atoms with E-state index in [0.29, 0.717) is 0 Å². The van der Waals surface area contributed by atoms with Gasteiger partial charge in [0.2, 0.25) is 0 Å². The van der Waals surface area contributed by atoms with E-state index in [2.05, 4.69) is 20.3 Å². The van der Waals surface area contributed by atoms with Crippen molar-refractivity contribution in [2.24, 2.45) is 0 Å². The largest absolute Gasteiger partial charge is 0.381 e. The van der Waals surface area contributed by atoms with Crippen molar-refractivity contribution in [2.75, 3.05) is 5.32 Å². The Kier molecular flexibility index (Phi) is 2.84. The molecule has 1 aromatic carbocycles. The minimum Gasteiger partial charge on any atom is -0.381 e. The summed E-state index contributed by atoms with van der Waals surface area (Å²) in [6.07, 6.45) is 7.03. The Morgan fingerprint density at radius 1 is 0.944 bits per heavy atom. The highest BCUT2D eigenvalue weighted by molar-refractivity contribution is 5.78. The third-order valence-electron chi connectivity index (χ3n) is 2.69. The summed E-state index contributed by atoms with van der Waals surface area (Å²) >= 11 is 0. The van der Waals surface area contributed by atoms with E-state index in [1.807, 2.05) is 36.5 Å². The van der Waals surface area contributed by atoms with Crippen molar-refractivity contribution in [2.45, 2.75) is 6.54 Å². The normalized spacial score (nSPS) is 10.4. The van der Waals surface area contributed by atoms with E-state index < -0.39 is 0 Å². The van der Waals surface area contributed by atoms with Gasteiger partial charge in [0.1, 0.15) is 0 Å². The first-order chi connectivity index (χ1) is 8.92. The second-order valence-corrected chi connectivity index (χ2v) is 3.97. The standard InChI is InChI=1S/C14H12N4/c1-2-11(9-15-5-1)10-18-12-3-4-13-14(8-12)17-7-6-16-13/h1-9,18H,10H2. The molecule has 2 heterocycles. The number of benzene rings is 1. The van der Waals surface area contributed by atoms with Gasteiger partial charge in [-0.3, -0.25) is 15.0 Å². The van der Waals surface area contributed by atoms with E-state index in [0.717, 1.165) is 28.8 Å². The number of nitrogens with zero attached hydrogens (tertiary/aromatic N) is 3. The van der Waals surface area contributed by atoms with Gasteiger partial charge in [-0.1, -0.05) is 6.07 Å². The van der Waals surface area contributed by atoms with E-state index in [9.17, 15) is 0 Å². The fourth-order valence-electron chi connectivity index (χ4n) is 1.78. The molecule has 0 aliphatic carbocycles. The van der Waals surface area contributed by atoms with Gasteiger partial charge >= 0.3 is 0 Å². The van der Waals surface area contributed by atoms with Crippen molar-refractivity contribution in [1.82, 2.24) is 15.0 Å². The fourth-order valence-corrected chi connectivity index (χ4v) is 1.78. The van der Waals surface area contributed by atoms with Crippen LogP contribution in [-0.4, -0.2) is 15.0 Å². The molecule has 0 saturated carbocycles. The van der Waals surface area contributed by atoms with Crippen LogP contribution in [0.4, 0.5) is 5.69 Å². The molecule has 0 atom stereocenters. The number of hydrogen-bond acceptors (Lipinski definition) is 4. The topological polar surface area (TPSA) is 50.7 Å². The van der Waals surface area contributed by atoms with Crippen LogP contribution in [0.15, 0.2) is 55.1 Å². The SMILES string of the molecule is c1cncc(CNc2ccc3nccnc3c2)c1. The lowest BCUT2D eigenvalue weighted by molar-refractivity contribution is 1.11. The van der Waals surface area contributed by atoms with Crippen molar-refractivity contribution >= 4 is 16.7 Å². The van der Waals surface area contributed by atoms with Gasteiger partial charge in [0.05, 0.1) is 11.0 Å². The van der Waals surface area contributed by atoms with Crippen molar-refractivity contribution in [3.8, 4) is 0 Å². The molecule has 2 aromatic heterocycles. The Hall–Kier alpha value is -2.49. The minimum atomic E-state index is 0.750. The van der Waals surface area contributed by atoms with Crippen LogP contribution in [0.5, 0.6) is 0 Å². The van der Waals surface area contributed by atoms with Gasteiger partial charge in [0.25, 0.3) is 0 Å². The van der Waals surface area contributed by atoms with E-state index in [1.54, 1.807) is 18.6 Å². The Balaban J connectivity index is 1.79. The molecular weight excluding hydrogens is 224 g/mol. The Bertz CT molecular complexity index is 652. The number of nitrogens with one attached hydrogen (secondary N) is 1. The highest BCUT2D eigenvalue weighted by Gasteiger charge is 1.98. The third-order valence-corrected chi connectivity index (χ3v) is 2.69. The zero-order chi connectivity index (χ0) is 12.2. The molecule has 1 N–H and O–H groups in total. The predicted octanol–water partition coefficient (Wildman–Crippen LogP) is 2.64. The molecule has 88 valence electrons. The molecule has 3 rings (SSSR count). The van der Waals surface area contributed by atoms with Crippen LogP contribution in [-0.2, 0) is 6.54 Å². The fraction of sp³-hybridized carbons (Fsp3) is 0.0714. The molecule has 4 heteroatoms. The third kappa shape index (κ3) is 2.27. The number of pyridine rings is 1. The minimum absolute atomic E-state index is 0.750. The van der Waals surface area contributed by atoms with Crippen molar-refractivity contribution < 1.29 is 0 Å². The summed E-state index contributed by atoms with van der Waals surface area (Å²) in [6, 6.07) is 9.95. The zero-order valence-corrected chi connectivity index (χ0v) is 9.74. The lowest BCUT2D eigenvalue weighted by Crippen LogP contribution is -1.99. The molecule has 18 heavy (non-hydrogen) atoms. The predicted molar refractivity (Wildman–Crippen MR) is 71.1 cm³/mol. The maximum Gasteiger partial charge on any atom is 0.0907 e. The van der Waals surface area contributed by atoms with Gasteiger partial charge in [-0.2, -0.15) is 0 Å². The van der Waals surface area contributed by atoms with Crippen LogP contribution >= 0.6 is 0 Å². The zero-order valence-electron chi connectivity index (χ0n) is 9.74. The quantitative estimate of drug-likeness (QED) is 0.759. The first-order valence-corrected chi connectivity index (χ1v) is 5.75. The summed E-state index contributed by atoms with van der Waals surface area (Å²) in [5.74, 6) is 0. The van der Waals surface area contributed by atoms with Gasteiger partial charge in [0.15, 0.2) is 0 Å². The smallest absolute Gasteiger partial charge is 0.0907 e. The van der Waals surface area contributed by atoms with Gasteiger partial charge in [-0.05, 0) is 29.8 Å². The summed E-state index contributed by atoms with van der Waals surface area (Å²) < 4.78 is 0. The Morgan fingerprint density at radius 2 is 1.83 bits per heavy atom. The molecule has 4 nitrogen and oxygen atoms in total. The van der Waals surface area contributed by atoms with Gasteiger partial charge < -0.3 is 5.32 Å². The van der Waals surface area contributed by atoms with Crippen LogP contribution < -0.4 is 5.32 Å². The second-order valence-electron chi connectivity index (χ2n) is 3.97. The molecule has 0 unspecified atom stereocenters. The van der Waals surface area contributed by atoms with Crippen molar-refractivity contribution in [3.05, 3.63) is 60.7 Å². The lowest BCUT2D eigenvalue weighted by atomic mass is 10.2. The molecule has 0 aliphatic heterocycles. The number of rotatable bonds is 3. The highest BCUT2D eigenvalue weighted by Crippen LogP contribution is 2.15. The number of fused-ring (bicyclic) bond motifs is 1. The van der Waals surface area contributed by atoms with Crippen molar-refractivity contribution in [1.29, 1.82) is 0 Å². The van der Waals surface area contributed by atoms with Gasteiger partial charge in [-0.25, -0.2) is 0 Å². The lowest BCUT2D eigenvalue weighted by Gasteiger charge is -2.06. The first kappa shape index (κ1) is 10.7. The molecule has 0 radical (unpaired) electrons. The van der Waals surface area contributed by atoms with Crippen LogP contribution in [0, 0.1) is 0 Å². The van der Waals surface area contributed by atoms with E-state index in [-0.39, 0.29) is 0 Å². The van der Waals surface area contributed by atoms with E-state index >= 15 is 0 Å². The van der Waals surface area contributed by atoms with Crippen molar-refractivity contribution in [3.63, 3.8) is 0 Å². The Labute approximate surface area is 105 Å². The van der Waals surface area contributed by atoms with Crippen LogP contribution in [0.2, 0.25) is 0 Å². The summed E-state index contributed by atoms with van der Waals surface area (Å²) in [5.41, 5.74) is 3.99. The van der Waals surface area contributed by atoms with Gasteiger partial charge in [-0.15, -0.1) is 0 Å². The summed E-state index contributed by atoms with van der Waals surface area (Å²) in [7, 11) is 0. The van der Waals surface area contributed by atoms with E-state index in [1.165, 1.54) is 0 Å². The molecule has 0 amide bonds. The Morgan fingerprint density at radius 3 is 2.67 bits per heavy atom. The average molecular weight is 236 g/mol. The number of anilines is 1. The molecule has 3 aromatic rings. The maximum absolute atomic E-state index is 4.28. The summed E-state index contributed by atoms with van der Waals surface area (Å²) in [6.45, 7) is 0.750. The molecule has 0 saturated heterocycles. The maximum atomic E-state index is 4.28. The molecule has 0 spiro atoms. The van der Waals surface area contributed by atoms with Crippen LogP contribution in [0.3, 0.4) is 0 Å². The number of aromatic nitrogens is 3. The van der Waals surface area contributed by atoms with E-state index in [4.69, 9.17) is 0 Å². The average Bonchev–Trinajstić information content (AvgIpc) is 2.46. The van der Waals surface area contributed by atoms with Crippen LogP contribution in [0.25, 0.3) is 11.0 Å². The summed E-state index contributed by atoms with van der Waals surface area (Å²) in [4.78, 5) is 12.6. The molecule has 0 bridgehead atoms. The first-order valence-electron chi connectivity index (χ1n) is 5.75.